The molecule has 0 unspecified atom stereocenters. The second-order valence-corrected chi connectivity index (χ2v) is 4.20. The minimum absolute atomic E-state index is 0.406. The fourth-order valence-electron chi connectivity index (χ4n) is 1.61. The number of nitriles is 1. The summed E-state index contributed by atoms with van der Waals surface area (Å²) in [4.78, 5) is 4.04. The molecule has 0 aliphatic carbocycles. The van der Waals surface area contributed by atoms with E-state index in [0.29, 0.717) is 11.4 Å². The number of benzene rings is 1. The topological polar surface area (TPSA) is 62.7 Å². The molecule has 1 aromatic heterocycles. The molecule has 0 aliphatic rings. The van der Waals surface area contributed by atoms with E-state index in [4.69, 9.17) is 11.0 Å². The Morgan fingerprint density at radius 2 is 2.20 bits per heavy atom. The Hall–Kier alpha value is -1.60. The summed E-state index contributed by atoms with van der Waals surface area (Å²) in [6.45, 7) is 1.94. The number of rotatable bonds is 0. The molecule has 15 heavy (non-hydrogen) atoms. The molecule has 2 rings (SSSR count). The predicted molar refractivity (Wildman–Crippen MR) is 63.3 cm³/mol. The van der Waals surface area contributed by atoms with E-state index < -0.39 is 0 Å². The quantitative estimate of drug-likeness (QED) is 0.742. The summed E-state index contributed by atoms with van der Waals surface area (Å²) in [5, 5.41) is 10.6. The second-order valence-electron chi connectivity index (χ2n) is 3.34. The van der Waals surface area contributed by atoms with E-state index in [1.54, 1.807) is 6.20 Å². The molecule has 1 aromatic carbocycles. The lowest BCUT2D eigenvalue weighted by Gasteiger charge is -2.06. The summed E-state index contributed by atoms with van der Waals surface area (Å²) in [5.41, 5.74) is 8.01. The molecule has 1 heterocycles. The highest BCUT2D eigenvalue weighted by Crippen LogP contribution is 2.31. The average Bonchev–Trinajstić information content (AvgIpc) is 2.17. The van der Waals surface area contributed by atoms with Gasteiger partial charge in [-0.1, -0.05) is 0 Å². The SMILES string of the molecule is Cc1cc(N)c2c(Br)cnc(C#N)c2c1. The van der Waals surface area contributed by atoms with Crippen LogP contribution in [-0.4, -0.2) is 4.98 Å². The lowest BCUT2D eigenvalue weighted by Crippen LogP contribution is -1.93. The van der Waals surface area contributed by atoms with Gasteiger partial charge in [-0.15, -0.1) is 0 Å². The Morgan fingerprint density at radius 3 is 2.87 bits per heavy atom. The summed E-state index contributed by atoms with van der Waals surface area (Å²) in [6.07, 6.45) is 1.60. The van der Waals surface area contributed by atoms with Gasteiger partial charge in [-0.2, -0.15) is 5.26 Å². The number of halogens is 1. The van der Waals surface area contributed by atoms with Crippen LogP contribution in [0.1, 0.15) is 11.3 Å². The molecule has 0 bridgehead atoms. The molecule has 74 valence electrons. The lowest BCUT2D eigenvalue weighted by molar-refractivity contribution is 1.28. The molecule has 0 atom stereocenters. The molecule has 2 aromatic rings. The van der Waals surface area contributed by atoms with E-state index in [-0.39, 0.29) is 0 Å². The van der Waals surface area contributed by atoms with Crippen molar-refractivity contribution in [2.75, 3.05) is 5.73 Å². The van der Waals surface area contributed by atoms with E-state index in [0.717, 1.165) is 20.8 Å². The van der Waals surface area contributed by atoms with Gasteiger partial charge in [-0.25, -0.2) is 4.98 Å². The van der Waals surface area contributed by atoms with Crippen molar-refractivity contribution in [3.8, 4) is 6.07 Å². The summed E-state index contributed by atoms with van der Waals surface area (Å²) in [6, 6.07) is 5.87. The Bertz CT molecular complexity index is 584. The van der Waals surface area contributed by atoms with Crippen LogP contribution in [0.2, 0.25) is 0 Å². The van der Waals surface area contributed by atoms with Gasteiger partial charge in [-0.05, 0) is 40.5 Å². The average molecular weight is 262 g/mol. The molecule has 4 heteroatoms. The second kappa shape index (κ2) is 3.52. The van der Waals surface area contributed by atoms with E-state index in [9.17, 15) is 0 Å². The Labute approximate surface area is 95.7 Å². The normalized spacial score (nSPS) is 10.2. The largest absolute Gasteiger partial charge is 0.398 e. The third-order valence-corrected chi connectivity index (χ3v) is 2.82. The van der Waals surface area contributed by atoms with Crippen LogP contribution in [0.4, 0.5) is 5.69 Å². The summed E-state index contributed by atoms with van der Waals surface area (Å²) >= 11 is 3.38. The molecular weight excluding hydrogens is 254 g/mol. The Kier molecular flexibility index (Phi) is 2.33. The first kappa shape index (κ1) is 9.94. The van der Waals surface area contributed by atoms with Crippen LogP contribution in [0, 0.1) is 18.3 Å². The van der Waals surface area contributed by atoms with Crippen molar-refractivity contribution in [2.24, 2.45) is 0 Å². The monoisotopic (exact) mass is 261 g/mol. The van der Waals surface area contributed by atoms with Crippen molar-refractivity contribution in [1.82, 2.24) is 4.98 Å². The maximum absolute atomic E-state index is 8.94. The third-order valence-electron chi connectivity index (χ3n) is 2.22. The smallest absolute Gasteiger partial charge is 0.148 e. The van der Waals surface area contributed by atoms with Crippen molar-refractivity contribution in [1.29, 1.82) is 5.26 Å². The highest BCUT2D eigenvalue weighted by Gasteiger charge is 2.08. The van der Waals surface area contributed by atoms with Crippen molar-refractivity contribution in [3.63, 3.8) is 0 Å². The van der Waals surface area contributed by atoms with Crippen LogP contribution in [-0.2, 0) is 0 Å². The van der Waals surface area contributed by atoms with Crippen LogP contribution in [0.3, 0.4) is 0 Å². The van der Waals surface area contributed by atoms with E-state index >= 15 is 0 Å². The number of pyridine rings is 1. The van der Waals surface area contributed by atoms with Gasteiger partial charge in [0.05, 0.1) is 0 Å². The third kappa shape index (κ3) is 1.55. The van der Waals surface area contributed by atoms with Crippen LogP contribution in [0.15, 0.2) is 22.8 Å². The number of aromatic nitrogens is 1. The fraction of sp³-hybridized carbons (Fsp3) is 0.0909. The molecular formula is C11H8BrN3. The van der Waals surface area contributed by atoms with Crippen molar-refractivity contribution in [3.05, 3.63) is 34.1 Å². The molecule has 0 amide bonds. The Morgan fingerprint density at radius 1 is 1.47 bits per heavy atom. The zero-order valence-electron chi connectivity index (χ0n) is 8.08. The maximum atomic E-state index is 8.94. The van der Waals surface area contributed by atoms with Gasteiger partial charge in [0.2, 0.25) is 0 Å². The van der Waals surface area contributed by atoms with Crippen LogP contribution < -0.4 is 5.73 Å². The Balaban J connectivity index is 3.02. The van der Waals surface area contributed by atoms with Crippen molar-refractivity contribution >= 4 is 32.4 Å². The number of nitrogen functional groups attached to an aromatic ring is 1. The fourth-order valence-corrected chi connectivity index (χ4v) is 2.16. The van der Waals surface area contributed by atoms with E-state index in [2.05, 4.69) is 27.0 Å². The van der Waals surface area contributed by atoms with E-state index in [1.165, 1.54) is 0 Å². The first-order chi connectivity index (χ1) is 7.13. The minimum atomic E-state index is 0.406. The molecule has 2 N–H and O–H groups in total. The number of aryl methyl sites for hydroxylation is 1. The highest BCUT2D eigenvalue weighted by atomic mass is 79.9. The van der Waals surface area contributed by atoms with Gasteiger partial charge < -0.3 is 5.73 Å². The number of hydrogen-bond donors (Lipinski definition) is 1. The predicted octanol–water partition coefficient (Wildman–Crippen LogP) is 2.76. The minimum Gasteiger partial charge on any atom is -0.398 e. The highest BCUT2D eigenvalue weighted by molar-refractivity contribution is 9.10. The first-order valence-electron chi connectivity index (χ1n) is 4.38. The lowest BCUT2D eigenvalue weighted by atomic mass is 10.1. The zero-order chi connectivity index (χ0) is 11.0. The van der Waals surface area contributed by atoms with Gasteiger partial charge in [-0.3, -0.25) is 0 Å². The van der Waals surface area contributed by atoms with Gasteiger partial charge in [0.25, 0.3) is 0 Å². The molecule has 3 nitrogen and oxygen atoms in total. The van der Waals surface area contributed by atoms with Crippen molar-refractivity contribution < 1.29 is 0 Å². The van der Waals surface area contributed by atoms with Crippen LogP contribution >= 0.6 is 15.9 Å². The summed E-state index contributed by atoms with van der Waals surface area (Å²) < 4.78 is 0.814. The number of nitrogens with zero attached hydrogens (tertiary/aromatic N) is 2. The number of nitrogens with two attached hydrogens (primary N) is 1. The molecule has 0 radical (unpaired) electrons. The van der Waals surface area contributed by atoms with Gasteiger partial charge in [0.1, 0.15) is 11.8 Å². The van der Waals surface area contributed by atoms with Crippen LogP contribution in [0.5, 0.6) is 0 Å². The first-order valence-corrected chi connectivity index (χ1v) is 5.17. The standard InChI is InChI=1S/C11H8BrN3/c1-6-2-7-10(4-13)15-5-8(12)11(7)9(14)3-6/h2-3,5H,14H2,1H3. The molecule has 0 aliphatic heterocycles. The number of anilines is 1. The van der Waals surface area contributed by atoms with E-state index in [1.807, 2.05) is 19.1 Å². The number of fused-ring (bicyclic) bond motifs is 1. The van der Waals surface area contributed by atoms with Crippen molar-refractivity contribution in [2.45, 2.75) is 6.92 Å². The summed E-state index contributed by atoms with van der Waals surface area (Å²) in [5.74, 6) is 0. The van der Waals surface area contributed by atoms with Crippen LogP contribution in [0.25, 0.3) is 10.8 Å². The van der Waals surface area contributed by atoms with Gasteiger partial charge >= 0.3 is 0 Å². The molecule has 0 spiro atoms. The van der Waals surface area contributed by atoms with Gasteiger partial charge in [0, 0.05) is 27.1 Å². The maximum Gasteiger partial charge on any atom is 0.148 e. The molecule has 0 saturated carbocycles. The van der Waals surface area contributed by atoms with Gasteiger partial charge in [0.15, 0.2) is 0 Å². The zero-order valence-corrected chi connectivity index (χ0v) is 9.67. The summed E-state index contributed by atoms with van der Waals surface area (Å²) in [7, 11) is 0. The molecule has 0 saturated heterocycles. The number of hydrogen-bond acceptors (Lipinski definition) is 3. The molecule has 0 fully saturated rings.